The number of anilines is 2. The molecule has 0 aliphatic rings. The fourth-order valence-corrected chi connectivity index (χ4v) is 2.94. The molecule has 160 valence electrons. The quantitative estimate of drug-likeness (QED) is 0.584. The van der Waals surface area contributed by atoms with Gasteiger partial charge in [-0.2, -0.15) is 5.10 Å². The van der Waals surface area contributed by atoms with Crippen LogP contribution >= 0.6 is 11.6 Å². The van der Waals surface area contributed by atoms with Gasteiger partial charge in [0.05, 0.1) is 18.5 Å². The van der Waals surface area contributed by atoms with Gasteiger partial charge in [-0.05, 0) is 30.3 Å². The van der Waals surface area contributed by atoms with E-state index in [0.29, 0.717) is 27.7 Å². The maximum Gasteiger partial charge on any atom is 0.291 e. The molecule has 3 rings (SSSR count). The van der Waals surface area contributed by atoms with Crippen LogP contribution in [0.4, 0.5) is 11.4 Å². The van der Waals surface area contributed by atoms with Gasteiger partial charge in [0.2, 0.25) is 11.8 Å². The lowest BCUT2D eigenvalue weighted by atomic mass is 10.1. The van der Waals surface area contributed by atoms with Gasteiger partial charge in [0.25, 0.3) is 5.56 Å². The van der Waals surface area contributed by atoms with Gasteiger partial charge in [-0.3, -0.25) is 14.4 Å². The molecule has 0 radical (unpaired) electrons. The summed E-state index contributed by atoms with van der Waals surface area (Å²) in [6, 6.07) is 15.2. The van der Waals surface area contributed by atoms with Crippen LogP contribution in [-0.2, 0) is 16.1 Å². The SMILES string of the molecule is CCC(=O)Nc1cc(-c2ccc(Cl)cc2)nn(CC(=O)Nc2ccccc2OC)c1=O. The Labute approximate surface area is 183 Å². The number of hydrogen-bond acceptors (Lipinski definition) is 5. The molecule has 0 saturated carbocycles. The van der Waals surface area contributed by atoms with Gasteiger partial charge >= 0.3 is 0 Å². The lowest BCUT2D eigenvalue weighted by Gasteiger charge is -2.13. The zero-order chi connectivity index (χ0) is 22.4. The molecule has 1 aromatic heterocycles. The van der Waals surface area contributed by atoms with Crippen molar-refractivity contribution in [2.24, 2.45) is 0 Å². The van der Waals surface area contributed by atoms with E-state index < -0.39 is 11.5 Å². The summed E-state index contributed by atoms with van der Waals surface area (Å²) in [5.41, 5.74) is 1.01. The van der Waals surface area contributed by atoms with Crippen LogP contribution in [0.5, 0.6) is 5.75 Å². The van der Waals surface area contributed by atoms with Gasteiger partial charge in [-0.1, -0.05) is 42.8 Å². The Morgan fingerprint density at radius 2 is 1.71 bits per heavy atom. The highest BCUT2D eigenvalue weighted by atomic mass is 35.5. The van der Waals surface area contributed by atoms with Gasteiger partial charge in [0.1, 0.15) is 18.0 Å². The number of rotatable bonds is 7. The molecular weight excluding hydrogens is 420 g/mol. The van der Waals surface area contributed by atoms with Crippen LogP contribution in [0.25, 0.3) is 11.3 Å². The number of methoxy groups -OCH3 is 1. The highest BCUT2D eigenvalue weighted by Crippen LogP contribution is 2.23. The molecule has 0 unspecified atom stereocenters. The zero-order valence-electron chi connectivity index (χ0n) is 17.0. The first-order chi connectivity index (χ1) is 14.9. The van der Waals surface area contributed by atoms with Crippen molar-refractivity contribution in [1.82, 2.24) is 9.78 Å². The van der Waals surface area contributed by atoms with E-state index in [0.717, 1.165) is 4.68 Å². The lowest BCUT2D eigenvalue weighted by Crippen LogP contribution is -2.32. The second-order valence-corrected chi connectivity index (χ2v) is 7.00. The van der Waals surface area contributed by atoms with Crippen molar-refractivity contribution in [3.63, 3.8) is 0 Å². The molecule has 2 N–H and O–H groups in total. The van der Waals surface area contributed by atoms with Gasteiger partial charge in [-0.15, -0.1) is 0 Å². The number of nitrogens with zero attached hydrogens (tertiary/aromatic N) is 2. The molecule has 3 aromatic rings. The lowest BCUT2D eigenvalue weighted by molar-refractivity contribution is -0.117. The first-order valence-electron chi connectivity index (χ1n) is 9.52. The molecule has 0 atom stereocenters. The average molecular weight is 441 g/mol. The van der Waals surface area contributed by atoms with E-state index >= 15 is 0 Å². The van der Waals surface area contributed by atoms with E-state index in [9.17, 15) is 14.4 Å². The van der Waals surface area contributed by atoms with E-state index in [-0.39, 0.29) is 24.6 Å². The Kier molecular flexibility index (Phi) is 7.04. The largest absolute Gasteiger partial charge is 0.495 e. The number of carbonyl (C=O) groups is 2. The number of para-hydroxylation sites is 2. The summed E-state index contributed by atoms with van der Waals surface area (Å²) in [4.78, 5) is 37.3. The van der Waals surface area contributed by atoms with Crippen molar-refractivity contribution in [3.8, 4) is 17.0 Å². The second kappa shape index (κ2) is 9.90. The molecule has 8 nitrogen and oxygen atoms in total. The van der Waals surface area contributed by atoms with E-state index in [1.165, 1.54) is 13.2 Å². The monoisotopic (exact) mass is 440 g/mol. The number of amides is 2. The molecule has 2 aromatic carbocycles. The van der Waals surface area contributed by atoms with Crippen LogP contribution in [0.15, 0.2) is 59.4 Å². The Morgan fingerprint density at radius 3 is 2.39 bits per heavy atom. The minimum Gasteiger partial charge on any atom is -0.495 e. The smallest absolute Gasteiger partial charge is 0.291 e. The summed E-state index contributed by atoms with van der Waals surface area (Å²) >= 11 is 5.95. The summed E-state index contributed by atoms with van der Waals surface area (Å²) in [6.45, 7) is 1.32. The zero-order valence-corrected chi connectivity index (χ0v) is 17.8. The van der Waals surface area contributed by atoms with Gasteiger partial charge in [0, 0.05) is 17.0 Å². The predicted octanol–water partition coefficient (Wildman–Crippen LogP) is 3.56. The molecule has 31 heavy (non-hydrogen) atoms. The summed E-state index contributed by atoms with van der Waals surface area (Å²) in [7, 11) is 1.50. The number of halogens is 1. The third kappa shape index (κ3) is 5.49. The molecule has 0 bridgehead atoms. The summed E-state index contributed by atoms with van der Waals surface area (Å²) in [5, 5.41) is 10.1. The predicted molar refractivity (Wildman–Crippen MR) is 119 cm³/mol. The Bertz CT molecular complexity index is 1160. The number of benzene rings is 2. The third-order valence-corrected chi connectivity index (χ3v) is 4.64. The highest BCUT2D eigenvalue weighted by Gasteiger charge is 2.15. The first-order valence-corrected chi connectivity index (χ1v) is 9.90. The number of nitrogens with one attached hydrogen (secondary N) is 2. The normalized spacial score (nSPS) is 10.4. The average Bonchev–Trinajstić information content (AvgIpc) is 2.77. The summed E-state index contributed by atoms with van der Waals surface area (Å²) < 4.78 is 6.24. The molecular formula is C22H21ClN4O4. The van der Waals surface area contributed by atoms with Crippen molar-refractivity contribution in [1.29, 1.82) is 0 Å². The summed E-state index contributed by atoms with van der Waals surface area (Å²) in [6.07, 6.45) is 0.201. The van der Waals surface area contributed by atoms with Crippen molar-refractivity contribution in [3.05, 3.63) is 70.0 Å². The van der Waals surface area contributed by atoms with Gasteiger partial charge < -0.3 is 15.4 Å². The Morgan fingerprint density at radius 1 is 1.03 bits per heavy atom. The first kappa shape index (κ1) is 22.0. The number of hydrogen-bond donors (Lipinski definition) is 2. The molecule has 9 heteroatoms. The molecule has 0 fully saturated rings. The third-order valence-electron chi connectivity index (χ3n) is 4.38. The molecule has 0 aliphatic heterocycles. The number of carbonyl (C=O) groups excluding carboxylic acids is 2. The van der Waals surface area contributed by atoms with Crippen LogP contribution in [0, 0.1) is 0 Å². The van der Waals surface area contributed by atoms with Crippen LogP contribution in [0.1, 0.15) is 13.3 Å². The van der Waals surface area contributed by atoms with E-state index in [1.807, 2.05) is 0 Å². The van der Waals surface area contributed by atoms with Crippen LogP contribution in [0.2, 0.25) is 5.02 Å². The summed E-state index contributed by atoms with van der Waals surface area (Å²) in [5.74, 6) is -0.308. The van der Waals surface area contributed by atoms with Gasteiger partial charge in [-0.25, -0.2) is 4.68 Å². The minimum absolute atomic E-state index is 0.0388. The molecule has 2 amide bonds. The Balaban J connectivity index is 1.95. The van der Waals surface area contributed by atoms with Crippen LogP contribution < -0.4 is 20.9 Å². The van der Waals surface area contributed by atoms with Crippen LogP contribution in [-0.4, -0.2) is 28.7 Å². The van der Waals surface area contributed by atoms with Crippen molar-refractivity contribution < 1.29 is 14.3 Å². The highest BCUT2D eigenvalue weighted by molar-refractivity contribution is 6.30. The van der Waals surface area contributed by atoms with E-state index in [4.69, 9.17) is 16.3 Å². The fourth-order valence-electron chi connectivity index (χ4n) is 2.81. The van der Waals surface area contributed by atoms with Crippen molar-refractivity contribution in [2.45, 2.75) is 19.9 Å². The number of ether oxygens (including phenoxy) is 1. The van der Waals surface area contributed by atoms with Crippen LogP contribution in [0.3, 0.4) is 0 Å². The maximum absolute atomic E-state index is 12.8. The second-order valence-electron chi connectivity index (χ2n) is 6.56. The maximum atomic E-state index is 12.8. The van der Waals surface area contributed by atoms with Gasteiger partial charge in [0.15, 0.2) is 0 Å². The van der Waals surface area contributed by atoms with Crippen molar-refractivity contribution >= 4 is 34.8 Å². The molecule has 0 aliphatic carbocycles. The standard InChI is InChI=1S/C22H21ClN4O4/c1-3-20(28)25-18-12-17(14-8-10-15(23)11-9-14)26-27(22(18)30)13-21(29)24-16-6-4-5-7-19(16)31-2/h4-12H,3,13H2,1-2H3,(H,24,29)(H,25,28). The van der Waals surface area contributed by atoms with Crippen molar-refractivity contribution in [2.75, 3.05) is 17.7 Å². The molecule has 0 saturated heterocycles. The fraction of sp³-hybridized carbons (Fsp3) is 0.182. The molecule has 0 spiro atoms. The Hall–Kier alpha value is -3.65. The number of aromatic nitrogens is 2. The molecule has 1 heterocycles. The topological polar surface area (TPSA) is 102 Å². The minimum atomic E-state index is -0.588. The van der Waals surface area contributed by atoms with E-state index in [1.54, 1.807) is 55.5 Å². The van der Waals surface area contributed by atoms with E-state index in [2.05, 4.69) is 15.7 Å².